The van der Waals surface area contributed by atoms with Crippen LogP contribution in [0.3, 0.4) is 0 Å². The number of ether oxygens (including phenoxy) is 1. The molecule has 0 fully saturated rings. The number of carbonyl (C=O) groups is 1. The van der Waals surface area contributed by atoms with Gasteiger partial charge in [0.25, 0.3) is 0 Å². The molecule has 0 aliphatic heterocycles. The van der Waals surface area contributed by atoms with E-state index in [1.165, 1.54) is 0 Å². The molecule has 6 heteroatoms. The third kappa shape index (κ3) is 4.46. The summed E-state index contributed by atoms with van der Waals surface area (Å²) in [5.74, 6) is -0.379. The highest BCUT2D eigenvalue weighted by Crippen LogP contribution is 2.12. The SMILES string of the molecule is CCOCCCNC(=O)CCCn1c(=O)oc2ccccc21. The number of nitrogens with one attached hydrogen (secondary N) is 1. The lowest BCUT2D eigenvalue weighted by Gasteiger charge is -2.05. The highest BCUT2D eigenvalue weighted by atomic mass is 16.5. The first-order valence-corrected chi connectivity index (χ1v) is 7.65. The van der Waals surface area contributed by atoms with Gasteiger partial charge in [0.1, 0.15) is 0 Å². The molecule has 0 bridgehead atoms. The van der Waals surface area contributed by atoms with Crippen LogP contribution in [0.25, 0.3) is 11.1 Å². The van der Waals surface area contributed by atoms with Crippen LogP contribution in [0.15, 0.2) is 33.5 Å². The predicted octanol–water partition coefficient (Wildman–Crippen LogP) is 1.92. The Morgan fingerprint density at radius 2 is 2.14 bits per heavy atom. The molecule has 6 nitrogen and oxygen atoms in total. The number of aryl methyl sites for hydroxylation is 1. The zero-order chi connectivity index (χ0) is 15.8. The van der Waals surface area contributed by atoms with Crippen molar-refractivity contribution in [2.45, 2.75) is 32.7 Å². The van der Waals surface area contributed by atoms with Gasteiger partial charge >= 0.3 is 5.76 Å². The average Bonchev–Trinajstić information content (AvgIpc) is 2.83. The number of hydrogen-bond donors (Lipinski definition) is 1. The molecule has 120 valence electrons. The number of aromatic nitrogens is 1. The molecule has 1 N–H and O–H groups in total. The van der Waals surface area contributed by atoms with Crippen molar-refractivity contribution in [2.75, 3.05) is 19.8 Å². The van der Waals surface area contributed by atoms with Gasteiger partial charge in [-0.1, -0.05) is 12.1 Å². The molecule has 0 radical (unpaired) electrons. The van der Waals surface area contributed by atoms with Crippen LogP contribution in [0.2, 0.25) is 0 Å². The van der Waals surface area contributed by atoms with Crippen LogP contribution in [0.4, 0.5) is 0 Å². The third-order valence-electron chi connectivity index (χ3n) is 3.35. The van der Waals surface area contributed by atoms with Gasteiger partial charge in [-0.25, -0.2) is 4.79 Å². The minimum atomic E-state index is -0.377. The van der Waals surface area contributed by atoms with Gasteiger partial charge < -0.3 is 14.5 Å². The van der Waals surface area contributed by atoms with Gasteiger partial charge in [-0.15, -0.1) is 0 Å². The Labute approximate surface area is 129 Å². The van der Waals surface area contributed by atoms with Crippen LogP contribution < -0.4 is 11.1 Å². The van der Waals surface area contributed by atoms with Crippen LogP contribution in [0.5, 0.6) is 0 Å². The van der Waals surface area contributed by atoms with Gasteiger partial charge in [-0.2, -0.15) is 0 Å². The monoisotopic (exact) mass is 306 g/mol. The van der Waals surface area contributed by atoms with Gasteiger partial charge in [0, 0.05) is 32.7 Å². The summed E-state index contributed by atoms with van der Waals surface area (Å²) in [5.41, 5.74) is 1.34. The Bertz CT molecular complexity index is 659. The molecule has 0 spiro atoms. The molecular formula is C16H22N2O4. The van der Waals surface area contributed by atoms with Crippen molar-refractivity contribution in [3.63, 3.8) is 0 Å². The lowest BCUT2D eigenvalue weighted by molar-refractivity contribution is -0.121. The van der Waals surface area contributed by atoms with E-state index < -0.39 is 0 Å². The van der Waals surface area contributed by atoms with E-state index in [-0.39, 0.29) is 11.7 Å². The smallest absolute Gasteiger partial charge is 0.408 e. The molecule has 0 saturated carbocycles. The van der Waals surface area contributed by atoms with Gasteiger partial charge in [-0.05, 0) is 31.9 Å². The molecule has 2 rings (SSSR count). The zero-order valence-corrected chi connectivity index (χ0v) is 12.8. The quantitative estimate of drug-likeness (QED) is 0.718. The molecule has 1 amide bonds. The first-order valence-electron chi connectivity index (χ1n) is 7.65. The number of carbonyl (C=O) groups excluding carboxylic acids is 1. The molecule has 1 heterocycles. The van der Waals surface area contributed by atoms with Crippen LogP contribution in [0, 0.1) is 0 Å². The van der Waals surface area contributed by atoms with E-state index in [1.54, 1.807) is 10.6 Å². The Morgan fingerprint density at radius 3 is 2.95 bits per heavy atom. The first-order chi connectivity index (χ1) is 10.7. The molecule has 1 aromatic heterocycles. The van der Waals surface area contributed by atoms with E-state index in [4.69, 9.17) is 9.15 Å². The topological polar surface area (TPSA) is 73.5 Å². The van der Waals surface area contributed by atoms with Gasteiger partial charge in [0.05, 0.1) is 5.52 Å². The third-order valence-corrected chi connectivity index (χ3v) is 3.35. The molecule has 0 aliphatic rings. The fourth-order valence-corrected chi connectivity index (χ4v) is 2.26. The van der Waals surface area contributed by atoms with Crippen molar-refractivity contribution in [1.82, 2.24) is 9.88 Å². The Kier molecular flexibility index (Phi) is 6.21. The Hall–Kier alpha value is -2.08. The van der Waals surface area contributed by atoms with Gasteiger partial charge in [0.15, 0.2) is 5.58 Å². The van der Waals surface area contributed by atoms with E-state index in [0.717, 1.165) is 11.9 Å². The maximum absolute atomic E-state index is 11.8. The van der Waals surface area contributed by atoms with Crippen molar-refractivity contribution in [3.8, 4) is 0 Å². The number of para-hydroxylation sites is 2. The largest absolute Gasteiger partial charge is 0.419 e. The number of fused-ring (bicyclic) bond motifs is 1. The summed E-state index contributed by atoms with van der Waals surface area (Å²) < 4.78 is 11.9. The summed E-state index contributed by atoms with van der Waals surface area (Å²) in [4.78, 5) is 23.5. The minimum absolute atomic E-state index is 0.00246. The predicted molar refractivity (Wildman–Crippen MR) is 83.8 cm³/mol. The fraction of sp³-hybridized carbons (Fsp3) is 0.500. The summed E-state index contributed by atoms with van der Waals surface area (Å²) in [7, 11) is 0. The fourth-order valence-electron chi connectivity index (χ4n) is 2.26. The second kappa shape index (κ2) is 8.38. The van der Waals surface area contributed by atoms with Crippen LogP contribution in [-0.4, -0.2) is 30.2 Å². The van der Waals surface area contributed by atoms with Crippen molar-refractivity contribution >= 4 is 17.0 Å². The highest BCUT2D eigenvalue weighted by Gasteiger charge is 2.08. The van der Waals surface area contributed by atoms with Gasteiger partial charge in [0.2, 0.25) is 5.91 Å². The highest BCUT2D eigenvalue weighted by molar-refractivity contribution is 5.76. The molecule has 0 atom stereocenters. The van der Waals surface area contributed by atoms with Crippen molar-refractivity contribution < 1.29 is 13.9 Å². The molecule has 0 aliphatic carbocycles. The molecule has 0 saturated heterocycles. The first kappa shape index (κ1) is 16.3. The van der Waals surface area contributed by atoms with E-state index in [0.29, 0.717) is 44.7 Å². The number of hydrogen-bond acceptors (Lipinski definition) is 4. The van der Waals surface area contributed by atoms with Crippen molar-refractivity contribution in [1.29, 1.82) is 0 Å². The summed E-state index contributed by atoms with van der Waals surface area (Å²) in [6.07, 6.45) is 1.80. The maximum Gasteiger partial charge on any atom is 0.419 e. The Morgan fingerprint density at radius 1 is 1.32 bits per heavy atom. The van der Waals surface area contributed by atoms with Crippen LogP contribution >= 0.6 is 0 Å². The summed E-state index contributed by atoms with van der Waals surface area (Å²) in [6, 6.07) is 7.29. The second-order valence-corrected chi connectivity index (χ2v) is 4.99. The minimum Gasteiger partial charge on any atom is -0.408 e. The number of amides is 1. The number of benzene rings is 1. The van der Waals surface area contributed by atoms with E-state index in [2.05, 4.69) is 5.32 Å². The van der Waals surface area contributed by atoms with Crippen molar-refractivity contribution in [2.24, 2.45) is 0 Å². The summed E-state index contributed by atoms with van der Waals surface area (Å²) >= 11 is 0. The molecule has 0 unspecified atom stereocenters. The lowest BCUT2D eigenvalue weighted by Crippen LogP contribution is -2.25. The van der Waals surface area contributed by atoms with Crippen LogP contribution in [-0.2, 0) is 16.1 Å². The van der Waals surface area contributed by atoms with Crippen molar-refractivity contribution in [3.05, 3.63) is 34.8 Å². The van der Waals surface area contributed by atoms with E-state index in [1.807, 2.05) is 25.1 Å². The maximum atomic E-state index is 11.8. The summed E-state index contributed by atoms with van der Waals surface area (Å²) in [5, 5.41) is 2.84. The second-order valence-electron chi connectivity index (χ2n) is 4.99. The average molecular weight is 306 g/mol. The van der Waals surface area contributed by atoms with E-state index in [9.17, 15) is 9.59 Å². The molecular weight excluding hydrogens is 284 g/mol. The lowest BCUT2D eigenvalue weighted by atomic mass is 10.2. The normalized spacial score (nSPS) is 11.0. The zero-order valence-electron chi connectivity index (χ0n) is 12.8. The van der Waals surface area contributed by atoms with Gasteiger partial charge in [-0.3, -0.25) is 9.36 Å². The molecule has 2 aromatic rings. The Balaban J connectivity index is 1.75. The number of rotatable bonds is 9. The molecule has 22 heavy (non-hydrogen) atoms. The van der Waals surface area contributed by atoms with Crippen LogP contribution in [0.1, 0.15) is 26.2 Å². The number of nitrogens with zero attached hydrogens (tertiary/aromatic N) is 1. The summed E-state index contributed by atoms with van der Waals surface area (Å²) in [6.45, 7) is 4.39. The van der Waals surface area contributed by atoms with E-state index >= 15 is 0 Å². The standard InChI is InChI=1S/C16H22N2O4/c1-2-21-12-6-10-17-15(19)9-5-11-18-13-7-3-4-8-14(13)22-16(18)20/h3-4,7-8H,2,5-6,9-12H2,1H3,(H,17,19). The molecule has 1 aromatic carbocycles. The number of oxazole rings is 1.